The summed E-state index contributed by atoms with van der Waals surface area (Å²) >= 11 is 5.05. The molecule has 3 rings (SSSR count). The molecule has 0 atom stereocenters. The number of nitro benzene ring substituents is 1. The van der Waals surface area contributed by atoms with E-state index >= 15 is 0 Å². The molecule has 0 spiro atoms. The van der Waals surface area contributed by atoms with Crippen LogP contribution in [0.2, 0.25) is 0 Å². The minimum absolute atomic E-state index is 0.0149. The van der Waals surface area contributed by atoms with Crippen LogP contribution in [0, 0.1) is 30.9 Å². The molecule has 0 radical (unpaired) electrons. The number of hydrogen-bond donors (Lipinski definition) is 1. The minimum Gasteiger partial charge on any atom is -0.318 e. The molecule has 2 heterocycles. The van der Waals surface area contributed by atoms with E-state index in [4.69, 9.17) is 12.2 Å². The molecule has 1 aromatic heterocycles. The molecule has 1 saturated heterocycles. The summed E-state index contributed by atoms with van der Waals surface area (Å²) in [5.74, 6) is -0.960. The number of rotatable bonds is 4. The summed E-state index contributed by atoms with van der Waals surface area (Å²) < 4.78 is 1.94. The van der Waals surface area contributed by atoms with Crippen LogP contribution >= 0.6 is 12.2 Å². The summed E-state index contributed by atoms with van der Waals surface area (Å²) in [6.45, 7) is 7.70. The number of thiocarbonyl (C=S) groups is 1. The van der Waals surface area contributed by atoms with E-state index in [1.807, 2.05) is 24.5 Å². The van der Waals surface area contributed by atoms with Gasteiger partial charge in [-0.05, 0) is 69.2 Å². The lowest BCUT2D eigenvalue weighted by atomic mass is 10.1. The third kappa shape index (κ3) is 3.56. The number of likely N-dealkylation sites (N-methyl/N-ethyl adjacent to an activating group) is 1. The van der Waals surface area contributed by atoms with Crippen LogP contribution in [0.1, 0.15) is 29.4 Å². The molecule has 1 N–H and O–H groups in total. The number of hydrogen-bond acceptors (Lipinski definition) is 5. The number of amides is 2. The highest BCUT2D eigenvalue weighted by molar-refractivity contribution is 7.80. The molecule has 1 aromatic carbocycles. The largest absolute Gasteiger partial charge is 0.318 e. The molecule has 8 nitrogen and oxygen atoms in total. The zero-order valence-corrected chi connectivity index (χ0v) is 17.3. The normalized spacial score (nSPS) is 15.8. The fourth-order valence-corrected chi connectivity index (χ4v) is 3.75. The Morgan fingerprint density at radius 2 is 1.90 bits per heavy atom. The second-order valence-corrected chi connectivity index (χ2v) is 7.14. The fraction of sp³-hybridized carbons (Fsp3) is 0.250. The summed E-state index contributed by atoms with van der Waals surface area (Å²) in [7, 11) is 0. The number of nitrogens with zero attached hydrogens (tertiary/aromatic N) is 3. The summed E-state index contributed by atoms with van der Waals surface area (Å²) in [4.78, 5) is 36.9. The van der Waals surface area contributed by atoms with Gasteiger partial charge in [-0.3, -0.25) is 29.9 Å². The van der Waals surface area contributed by atoms with Crippen molar-refractivity contribution in [2.24, 2.45) is 0 Å². The standard InChI is InChI=1S/C20H20N4O4S/c1-5-22-19(26)16(18(25)21-20(22)29)10-14-9-12(3)23(13(14)4)17-7-6-15(24(27)28)8-11(17)2/h6-10H,5H2,1-4H3,(H,21,25,29). The number of aromatic nitrogens is 1. The van der Waals surface area contributed by atoms with Gasteiger partial charge in [0, 0.05) is 35.8 Å². The van der Waals surface area contributed by atoms with Gasteiger partial charge in [0.15, 0.2) is 5.11 Å². The first-order valence-corrected chi connectivity index (χ1v) is 9.39. The number of carbonyl (C=O) groups excluding carboxylic acids is 2. The lowest BCUT2D eigenvalue weighted by Gasteiger charge is -2.27. The highest BCUT2D eigenvalue weighted by Gasteiger charge is 2.32. The smallest absolute Gasteiger partial charge is 0.269 e. The van der Waals surface area contributed by atoms with Crippen LogP contribution in [-0.2, 0) is 9.59 Å². The molecule has 0 saturated carbocycles. The average Bonchev–Trinajstić information content (AvgIpc) is 2.92. The van der Waals surface area contributed by atoms with Crippen molar-refractivity contribution in [1.82, 2.24) is 14.8 Å². The molecule has 0 aliphatic carbocycles. The van der Waals surface area contributed by atoms with E-state index < -0.39 is 16.7 Å². The maximum absolute atomic E-state index is 12.6. The SMILES string of the molecule is CCN1C(=O)C(=Cc2cc(C)n(-c3ccc([N+](=O)[O-])cc3C)c2C)C(=O)NC1=S. The third-order valence-corrected chi connectivity index (χ3v) is 5.23. The van der Waals surface area contributed by atoms with Crippen LogP contribution in [0.4, 0.5) is 5.69 Å². The lowest BCUT2D eigenvalue weighted by molar-refractivity contribution is -0.384. The number of nitro groups is 1. The Balaban J connectivity index is 2.08. The Bertz CT molecular complexity index is 1100. The summed E-state index contributed by atoms with van der Waals surface area (Å²) in [6, 6.07) is 6.54. The number of aryl methyl sites for hydroxylation is 2. The van der Waals surface area contributed by atoms with E-state index in [-0.39, 0.29) is 16.4 Å². The van der Waals surface area contributed by atoms with Crippen LogP contribution in [-0.4, -0.2) is 37.9 Å². The molecular formula is C20H20N4O4S. The maximum atomic E-state index is 12.6. The molecule has 2 amide bonds. The topological polar surface area (TPSA) is 97.5 Å². The molecular weight excluding hydrogens is 392 g/mol. The van der Waals surface area contributed by atoms with Gasteiger partial charge < -0.3 is 4.57 Å². The predicted octanol–water partition coefficient (Wildman–Crippen LogP) is 2.96. The fourth-order valence-electron chi connectivity index (χ4n) is 3.45. The van der Waals surface area contributed by atoms with Gasteiger partial charge >= 0.3 is 0 Å². The molecule has 2 aromatic rings. The van der Waals surface area contributed by atoms with Gasteiger partial charge in [0.2, 0.25) is 0 Å². The molecule has 9 heteroatoms. The van der Waals surface area contributed by atoms with E-state index in [1.165, 1.54) is 17.0 Å². The van der Waals surface area contributed by atoms with Crippen molar-refractivity contribution in [2.75, 3.05) is 6.54 Å². The van der Waals surface area contributed by atoms with Crippen molar-refractivity contribution in [3.63, 3.8) is 0 Å². The summed E-state index contributed by atoms with van der Waals surface area (Å²) in [6.07, 6.45) is 1.56. The number of nitrogens with one attached hydrogen (secondary N) is 1. The van der Waals surface area contributed by atoms with Crippen molar-refractivity contribution in [3.8, 4) is 5.69 Å². The van der Waals surface area contributed by atoms with Crippen molar-refractivity contribution in [3.05, 3.63) is 62.5 Å². The van der Waals surface area contributed by atoms with Crippen molar-refractivity contribution >= 4 is 40.9 Å². The Kier molecular flexibility index (Phi) is 5.34. The van der Waals surface area contributed by atoms with E-state index in [0.717, 1.165) is 22.6 Å². The first-order chi connectivity index (χ1) is 13.6. The Hall–Kier alpha value is -3.33. The van der Waals surface area contributed by atoms with E-state index in [2.05, 4.69) is 5.32 Å². The van der Waals surface area contributed by atoms with Gasteiger partial charge in [-0.15, -0.1) is 0 Å². The molecule has 29 heavy (non-hydrogen) atoms. The number of non-ortho nitro benzene ring substituents is 1. The highest BCUT2D eigenvalue weighted by atomic mass is 32.1. The molecule has 1 aliphatic heterocycles. The van der Waals surface area contributed by atoms with E-state index in [1.54, 1.807) is 26.0 Å². The second kappa shape index (κ2) is 7.59. The van der Waals surface area contributed by atoms with Crippen LogP contribution in [0.5, 0.6) is 0 Å². The van der Waals surface area contributed by atoms with Crippen LogP contribution in [0.3, 0.4) is 0 Å². The quantitative estimate of drug-likeness (QED) is 0.274. The Labute approximate surface area is 173 Å². The second-order valence-electron chi connectivity index (χ2n) is 6.76. The first-order valence-electron chi connectivity index (χ1n) is 8.99. The Morgan fingerprint density at radius 3 is 2.48 bits per heavy atom. The van der Waals surface area contributed by atoms with Crippen molar-refractivity contribution < 1.29 is 14.5 Å². The van der Waals surface area contributed by atoms with Crippen LogP contribution in [0.25, 0.3) is 11.8 Å². The number of benzene rings is 1. The summed E-state index contributed by atoms with van der Waals surface area (Å²) in [5.41, 5.74) is 3.97. The van der Waals surface area contributed by atoms with Crippen LogP contribution < -0.4 is 5.32 Å². The Morgan fingerprint density at radius 1 is 1.21 bits per heavy atom. The zero-order valence-electron chi connectivity index (χ0n) is 16.5. The van der Waals surface area contributed by atoms with Crippen molar-refractivity contribution in [1.29, 1.82) is 0 Å². The number of carbonyl (C=O) groups is 2. The van der Waals surface area contributed by atoms with Crippen LogP contribution in [0.15, 0.2) is 29.8 Å². The molecule has 1 fully saturated rings. The minimum atomic E-state index is -0.527. The molecule has 0 bridgehead atoms. The first kappa shape index (κ1) is 20.4. The molecule has 1 aliphatic rings. The molecule has 150 valence electrons. The van der Waals surface area contributed by atoms with E-state index in [9.17, 15) is 19.7 Å². The van der Waals surface area contributed by atoms with Gasteiger partial charge in [-0.25, -0.2) is 0 Å². The van der Waals surface area contributed by atoms with Gasteiger partial charge in [-0.1, -0.05) is 0 Å². The van der Waals surface area contributed by atoms with Gasteiger partial charge in [0.25, 0.3) is 17.5 Å². The lowest BCUT2D eigenvalue weighted by Crippen LogP contribution is -2.53. The van der Waals surface area contributed by atoms with Gasteiger partial charge in [0.1, 0.15) is 5.57 Å². The average molecular weight is 412 g/mol. The monoisotopic (exact) mass is 412 g/mol. The van der Waals surface area contributed by atoms with Gasteiger partial charge in [0.05, 0.1) is 4.92 Å². The predicted molar refractivity (Wildman–Crippen MR) is 113 cm³/mol. The highest BCUT2D eigenvalue weighted by Crippen LogP contribution is 2.27. The third-order valence-electron chi connectivity index (χ3n) is 4.90. The maximum Gasteiger partial charge on any atom is 0.269 e. The van der Waals surface area contributed by atoms with E-state index in [0.29, 0.717) is 12.1 Å². The molecule has 0 unspecified atom stereocenters. The van der Waals surface area contributed by atoms with Crippen molar-refractivity contribution in [2.45, 2.75) is 27.7 Å². The summed E-state index contributed by atoms with van der Waals surface area (Å²) in [5, 5.41) is 13.6. The van der Waals surface area contributed by atoms with Gasteiger partial charge in [-0.2, -0.15) is 0 Å². The zero-order chi connectivity index (χ0) is 21.5.